The van der Waals surface area contributed by atoms with Gasteiger partial charge < -0.3 is 19.5 Å². The van der Waals surface area contributed by atoms with Crippen LogP contribution in [0.4, 0.5) is 8.78 Å². The average Bonchev–Trinajstić information content (AvgIpc) is 2.64. The fraction of sp³-hybridized carbons (Fsp3) is 0.222. The molecule has 0 fully saturated rings. The Morgan fingerprint density at radius 2 is 1.69 bits per heavy atom. The fourth-order valence-corrected chi connectivity index (χ4v) is 1.93. The quantitative estimate of drug-likeness (QED) is 0.692. The van der Waals surface area contributed by atoms with Gasteiger partial charge in [-0.25, -0.2) is 0 Å². The number of nitrogens with one attached hydrogen (secondary N) is 1. The zero-order valence-corrected chi connectivity index (χ0v) is 13.7. The minimum Gasteiger partial charge on any atom is -0.484 e. The molecule has 0 radical (unpaired) electrons. The summed E-state index contributed by atoms with van der Waals surface area (Å²) >= 11 is 0. The van der Waals surface area contributed by atoms with Gasteiger partial charge in [-0.3, -0.25) is 9.59 Å². The largest absolute Gasteiger partial charge is 0.484 e. The molecule has 2 aromatic rings. The normalized spacial score (nSPS) is 10.3. The summed E-state index contributed by atoms with van der Waals surface area (Å²) in [5.74, 6) is -0.756. The van der Waals surface area contributed by atoms with E-state index in [0.29, 0.717) is 11.3 Å². The van der Waals surface area contributed by atoms with Crippen LogP contribution in [0.15, 0.2) is 54.6 Å². The predicted molar refractivity (Wildman–Crippen MR) is 87.8 cm³/mol. The molecule has 0 unspecified atom stereocenters. The highest BCUT2D eigenvalue weighted by Gasteiger charge is 2.12. The number of esters is 1. The minimum absolute atomic E-state index is 0.0735. The summed E-state index contributed by atoms with van der Waals surface area (Å²) in [7, 11) is 0. The van der Waals surface area contributed by atoms with Gasteiger partial charge in [-0.05, 0) is 18.2 Å². The molecule has 0 aliphatic carbocycles. The number of alkyl halides is 2. The van der Waals surface area contributed by atoms with Gasteiger partial charge in [0.25, 0.3) is 5.91 Å². The second-order valence-corrected chi connectivity index (χ2v) is 5.03. The number of carbonyl (C=O) groups is 2. The maximum atomic E-state index is 12.3. The summed E-state index contributed by atoms with van der Waals surface area (Å²) < 4.78 is 39.1. The molecule has 0 aliphatic heterocycles. The van der Waals surface area contributed by atoms with E-state index in [-0.39, 0.29) is 25.5 Å². The second-order valence-electron chi connectivity index (χ2n) is 5.03. The maximum absolute atomic E-state index is 12.3. The summed E-state index contributed by atoms with van der Waals surface area (Å²) in [5, 5.41) is 2.35. The first kappa shape index (κ1) is 19.2. The molecule has 138 valence electrons. The third-order valence-corrected chi connectivity index (χ3v) is 3.12. The van der Waals surface area contributed by atoms with Crippen LogP contribution in [0, 0.1) is 0 Å². The molecular weight excluding hydrogens is 348 g/mol. The van der Waals surface area contributed by atoms with Crippen molar-refractivity contribution in [2.45, 2.75) is 13.2 Å². The fourth-order valence-electron chi connectivity index (χ4n) is 1.93. The summed E-state index contributed by atoms with van der Waals surface area (Å²) in [4.78, 5) is 23.3. The number of benzene rings is 2. The van der Waals surface area contributed by atoms with Gasteiger partial charge in [-0.2, -0.15) is 8.78 Å². The van der Waals surface area contributed by atoms with Crippen molar-refractivity contribution in [3.05, 3.63) is 60.2 Å². The van der Waals surface area contributed by atoms with E-state index in [0.717, 1.165) is 0 Å². The van der Waals surface area contributed by atoms with Gasteiger partial charge in [0.05, 0.1) is 0 Å². The predicted octanol–water partition coefficient (Wildman–Crippen LogP) is 2.53. The first-order valence-corrected chi connectivity index (χ1v) is 7.67. The van der Waals surface area contributed by atoms with Crippen molar-refractivity contribution in [3.8, 4) is 11.5 Å². The SMILES string of the molecule is O=C(COc1ccccc1)NCC(=O)OCc1ccccc1OC(F)F. The van der Waals surface area contributed by atoms with Crippen LogP contribution < -0.4 is 14.8 Å². The van der Waals surface area contributed by atoms with Gasteiger partial charge in [0.1, 0.15) is 24.7 Å². The monoisotopic (exact) mass is 365 g/mol. The number of ether oxygens (including phenoxy) is 3. The van der Waals surface area contributed by atoms with Crippen LogP contribution in [-0.4, -0.2) is 31.6 Å². The molecule has 0 spiro atoms. The minimum atomic E-state index is -2.98. The molecule has 2 aromatic carbocycles. The number of amides is 1. The summed E-state index contributed by atoms with van der Waals surface area (Å²) in [5.41, 5.74) is 0.292. The lowest BCUT2D eigenvalue weighted by molar-refractivity contribution is -0.145. The summed E-state index contributed by atoms with van der Waals surface area (Å²) in [6, 6.07) is 14.7. The van der Waals surface area contributed by atoms with E-state index < -0.39 is 18.5 Å². The molecule has 0 saturated carbocycles. The Labute approximate surface area is 148 Å². The van der Waals surface area contributed by atoms with Gasteiger partial charge in [0.15, 0.2) is 6.61 Å². The molecule has 1 N–H and O–H groups in total. The Morgan fingerprint density at radius 1 is 1.00 bits per heavy atom. The molecule has 1 amide bonds. The topological polar surface area (TPSA) is 73.9 Å². The number of halogens is 2. The summed E-state index contributed by atoms with van der Waals surface area (Å²) in [6.07, 6.45) is 0. The third kappa shape index (κ3) is 6.76. The molecule has 2 rings (SSSR count). The van der Waals surface area contributed by atoms with Crippen molar-refractivity contribution in [1.82, 2.24) is 5.32 Å². The van der Waals surface area contributed by atoms with E-state index >= 15 is 0 Å². The number of rotatable bonds is 9. The smallest absolute Gasteiger partial charge is 0.387 e. The molecule has 0 heterocycles. The van der Waals surface area contributed by atoms with Crippen molar-refractivity contribution in [1.29, 1.82) is 0 Å². The summed E-state index contributed by atoms with van der Waals surface area (Å²) in [6.45, 7) is -3.84. The van der Waals surface area contributed by atoms with E-state index in [1.165, 1.54) is 18.2 Å². The van der Waals surface area contributed by atoms with Crippen LogP contribution in [0.2, 0.25) is 0 Å². The highest BCUT2D eigenvalue weighted by Crippen LogP contribution is 2.20. The van der Waals surface area contributed by atoms with E-state index in [1.807, 2.05) is 6.07 Å². The molecule has 8 heteroatoms. The van der Waals surface area contributed by atoms with Crippen LogP contribution in [0.25, 0.3) is 0 Å². The van der Waals surface area contributed by atoms with Crippen LogP contribution in [0.5, 0.6) is 11.5 Å². The Kier molecular flexibility index (Phi) is 7.35. The Balaban J connectivity index is 1.71. The molecule has 26 heavy (non-hydrogen) atoms. The van der Waals surface area contributed by atoms with Gasteiger partial charge in [0, 0.05) is 5.56 Å². The van der Waals surface area contributed by atoms with E-state index in [1.54, 1.807) is 30.3 Å². The third-order valence-electron chi connectivity index (χ3n) is 3.12. The number of hydrogen-bond acceptors (Lipinski definition) is 5. The molecule has 0 atom stereocenters. The van der Waals surface area contributed by atoms with E-state index in [9.17, 15) is 18.4 Å². The first-order chi connectivity index (χ1) is 12.5. The standard InChI is InChI=1S/C18H17F2NO5/c19-18(20)26-15-9-5-4-6-13(15)11-25-17(23)10-21-16(22)12-24-14-7-2-1-3-8-14/h1-9,18H,10-12H2,(H,21,22). The maximum Gasteiger partial charge on any atom is 0.387 e. The average molecular weight is 365 g/mol. The van der Waals surface area contributed by atoms with Crippen molar-refractivity contribution in [2.24, 2.45) is 0 Å². The second kappa shape index (κ2) is 9.97. The first-order valence-electron chi connectivity index (χ1n) is 7.67. The molecule has 0 saturated heterocycles. The van der Waals surface area contributed by atoms with Gasteiger partial charge in [-0.1, -0.05) is 36.4 Å². The van der Waals surface area contributed by atoms with Crippen molar-refractivity contribution in [3.63, 3.8) is 0 Å². The van der Waals surface area contributed by atoms with Crippen molar-refractivity contribution < 1.29 is 32.6 Å². The van der Waals surface area contributed by atoms with Crippen LogP contribution >= 0.6 is 0 Å². The zero-order valence-electron chi connectivity index (χ0n) is 13.7. The molecule has 0 aromatic heterocycles. The van der Waals surface area contributed by atoms with Gasteiger partial charge >= 0.3 is 12.6 Å². The van der Waals surface area contributed by atoms with Gasteiger partial charge in [0.2, 0.25) is 0 Å². The van der Waals surface area contributed by atoms with Gasteiger partial charge in [-0.15, -0.1) is 0 Å². The lowest BCUT2D eigenvalue weighted by atomic mass is 10.2. The molecule has 0 aliphatic rings. The van der Waals surface area contributed by atoms with Crippen LogP contribution in [-0.2, 0) is 20.9 Å². The Morgan fingerprint density at radius 3 is 2.42 bits per heavy atom. The van der Waals surface area contributed by atoms with Crippen LogP contribution in [0.1, 0.15) is 5.56 Å². The van der Waals surface area contributed by atoms with Crippen molar-refractivity contribution in [2.75, 3.05) is 13.2 Å². The highest BCUT2D eigenvalue weighted by molar-refractivity contribution is 5.82. The Bertz CT molecular complexity index is 725. The molecular formula is C18H17F2NO5. The lowest BCUT2D eigenvalue weighted by Gasteiger charge is -2.11. The Hall–Kier alpha value is -3.16. The highest BCUT2D eigenvalue weighted by atomic mass is 19.3. The van der Waals surface area contributed by atoms with E-state index in [2.05, 4.69) is 10.1 Å². The van der Waals surface area contributed by atoms with Crippen LogP contribution in [0.3, 0.4) is 0 Å². The van der Waals surface area contributed by atoms with E-state index in [4.69, 9.17) is 9.47 Å². The van der Waals surface area contributed by atoms with Crippen molar-refractivity contribution >= 4 is 11.9 Å². The zero-order chi connectivity index (χ0) is 18.8. The molecule has 6 nitrogen and oxygen atoms in total. The number of para-hydroxylation sites is 2. The lowest BCUT2D eigenvalue weighted by Crippen LogP contribution is -2.34. The number of carbonyl (C=O) groups excluding carboxylic acids is 2. The number of hydrogen-bond donors (Lipinski definition) is 1. The molecule has 0 bridgehead atoms.